The van der Waals surface area contributed by atoms with Gasteiger partial charge in [-0.2, -0.15) is 0 Å². The van der Waals surface area contributed by atoms with Gasteiger partial charge in [-0.1, -0.05) is 44.7 Å². The van der Waals surface area contributed by atoms with Crippen LogP contribution in [-0.4, -0.2) is 22.1 Å². The highest BCUT2D eigenvalue weighted by Crippen LogP contribution is 2.17. The maximum Gasteiger partial charge on any atom is 0.263 e. The Kier molecular flexibility index (Phi) is 5.83. The van der Waals surface area contributed by atoms with Crippen molar-refractivity contribution in [2.45, 2.75) is 39.0 Å². The summed E-state index contributed by atoms with van der Waals surface area (Å²) in [6.45, 7) is 2.94. The van der Waals surface area contributed by atoms with Gasteiger partial charge in [0.2, 0.25) is 0 Å². The highest BCUT2D eigenvalue weighted by atomic mass is 16.5. The number of benzene rings is 2. The van der Waals surface area contributed by atoms with Gasteiger partial charge in [-0.15, -0.1) is 0 Å². The topological polar surface area (TPSA) is 44.1 Å². The standard InChI is InChI=1S/C21H24N2O2/c1-2-3-4-5-8-15-25-18-13-11-17(12-14-18)21(24)23-16-22-19-9-6-7-10-20(19)23/h6-7,9-14,16H,2-5,8,15H2,1H3. The fourth-order valence-corrected chi connectivity index (χ4v) is 2.85. The second kappa shape index (κ2) is 8.47. The van der Waals surface area contributed by atoms with Crippen molar-refractivity contribution in [3.63, 3.8) is 0 Å². The maximum absolute atomic E-state index is 12.7. The van der Waals surface area contributed by atoms with Crippen LogP contribution in [0.1, 0.15) is 49.4 Å². The highest BCUT2D eigenvalue weighted by molar-refractivity contribution is 6.01. The number of hydrogen-bond donors (Lipinski definition) is 0. The van der Waals surface area contributed by atoms with Crippen LogP contribution in [-0.2, 0) is 0 Å². The van der Waals surface area contributed by atoms with Gasteiger partial charge in [-0.05, 0) is 42.8 Å². The predicted molar refractivity (Wildman–Crippen MR) is 100 cm³/mol. The number of rotatable bonds is 8. The molecular formula is C21H24N2O2. The summed E-state index contributed by atoms with van der Waals surface area (Å²) in [5, 5.41) is 0. The zero-order valence-electron chi connectivity index (χ0n) is 14.6. The van der Waals surface area contributed by atoms with Gasteiger partial charge in [0.05, 0.1) is 17.6 Å². The Morgan fingerprint density at radius 3 is 2.56 bits per heavy atom. The van der Waals surface area contributed by atoms with E-state index < -0.39 is 0 Å². The van der Waals surface area contributed by atoms with Crippen molar-refractivity contribution >= 4 is 16.9 Å². The number of hydrogen-bond acceptors (Lipinski definition) is 3. The summed E-state index contributed by atoms with van der Waals surface area (Å²) < 4.78 is 7.33. The van der Waals surface area contributed by atoms with Gasteiger partial charge in [0.25, 0.3) is 5.91 Å². The third kappa shape index (κ3) is 4.27. The minimum absolute atomic E-state index is 0.0835. The molecule has 0 unspecified atom stereocenters. The first-order chi connectivity index (χ1) is 12.3. The first kappa shape index (κ1) is 17.2. The molecule has 0 N–H and O–H groups in total. The highest BCUT2D eigenvalue weighted by Gasteiger charge is 2.12. The lowest BCUT2D eigenvalue weighted by Crippen LogP contribution is -2.10. The zero-order chi connectivity index (χ0) is 17.5. The number of carbonyl (C=O) groups is 1. The zero-order valence-corrected chi connectivity index (χ0v) is 14.6. The normalized spacial score (nSPS) is 10.9. The van der Waals surface area contributed by atoms with E-state index in [1.54, 1.807) is 10.9 Å². The van der Waals surface area contributed by atoms with Crippen LogP contribution >= 0.6 is 0 Å². The molecule has 0 atom stereocenters. The van der Waals surface area contributed by atoms with Gasteiger partial charge in [0, 0.05) is 5.56 Å². The van der Waals surface area contributed by atoms with E-state index in [1.807, 2.05) is 48.5 Å². The molecule has 4 nitrogen and oxygen atoms in total. The quantitative estimate of drug-likeness (QED) is 0.539. The third-order valence-corrected chi connectivity index (χ3v) is 4.29. The lowest BCUT2D eigenvalue weighted by Gasteiger charge is -2.07. The van der Waals surface area contributed by atoms with Crippen molar-refractivity contribution in [1.82, 2.24) is 9.55 Å². The fraction of sp³-hybridized carbons (Fsp3) is 0.333. The number of carbonyl (C=O) groups excluding carboxylic acids is 1. The molecule has 3 rings (SSSR count). The summed E-state index contributed by atoms with van der Waals surface area (Å²) in [6, 6.07) is 15.0. The van der Waals surface area contributed by atoms with Gasteiger partial charge in [-0.25, -0.2) is 4.98 Å². The second-order valence-corrected chi connectivity index (χ2v) is 6.20. The Morgan fingerprint density at radius 1 is 1.00 bits per heavy atom. The van der Waals surface area contributed by atoms with Crippen LogP contribution in [0.5, 0.6) is 5.75 Å². The molecule has 0 saturated heterocycles. The number of fused-ring (bicyclic) bond motifs is 1. The molecule has 4 heteroatoms. The Bertz CT molecular complexity index is 821. The lowest BCUT2D eigenvalue weighted by molar-refractivity contribution is 0.0964. The van der Waals surface area contributed by atoms with E-state index in [2.05, 4.69) is 11.9 Å². The van der Waals surface area contributed by atoms with Crippen LogP contribution in [0.15, 0.2) is 54.9 Å². The van der Waals surface area contributed by atoms with Crippen molar-refractivity contribution < 1.29 is 9.53 Å². The Hall–Kier alpha value is -2.62. The van der Waals surface area contributed by atoms with E-state index >= 15 is 0 Å². The maximum atomic E-state index is 12.7. The molecule has 0 spiro atoms. The predicted octanol–water partition coefficient (Wildman–Crippen LogP) is 5.07. The van der Waals surface area contributed by atoms with E-state index in [0.29, 0.717) is 5.56 Å². The molecule has 0 bridgehead atoms. The number of para-hydroxylation sites is 2. The molecule has 0 fully saturated rings. The molecule has 0 amide bonds. The largest absolute Gasteiger partial charge is 0.494 e. The lowest BCUT2D eigenvalue weighted by atomic mass is 10.2. The summed E-state index contributed by atoms with van der Waals surface area (Å²) >= 11 is 0. The first-order valence-electron chi connectivity index (χ1n) is 8.99. The average molecular weight is 336 g/mol. The molecule has 0 aliphatic heterocycles. The molecular weight excluding hydrogens is 312 g/mol. The molecule has 130 valence electrons. The number of nitrogens with zero attached hydrogens (tertiary/aromatic N) is 2. The molecule has 0 saturated carbocycles. The first-order valence-corrected chi connectivity index (χ1v) is 8.99. The van der Waals surface area contributed by atoms with Crippen molar-refractivity contribution in [3.8, 4) is 5.75 Å². The molecule has 0 aliphatic carbocycles. The number of ether oxygens (including phenoxy) is 1. The Balaban J connectivity index is 1.59. The number of aromatic nitrogens is 2. The molecule has 0 aliphatic rings. The van der Waals surface area contributed by atoms with Crippen molar-refractivity contribution in [2.24, 2.45) is 0 Å². The van der Waals surface area contributed by atoms with Gasteiger partial charge in [0.1, 0.15) is 12.1 Å². The SMILES string of the molecule is CCCCCCCOc1ccc(C(=O)n2cnc3ccccc32)cc1. The van der Waals surface area contributed by atoms with Crippen LogP contribution in [0.25, 0.3) is 11.0 Å². The average Bonchev–Trinajstić information content (AvgIpc) is 3.08. The van der Waals surface area contributed by atoms with Crippen molar-refractivity contribution in [2.75, 3.05) is 6.61 Å². The van der Waals surface area contributed by atoms with Crippen LogP contribution in [0.4, 0.5) is 0 Å². The summed E-state index contributed by atoms with van der Waals surface area (Å²) in [7, 11) is 0. The monoisotopic (exact) mass is 336 g/mol. The van der Waals surface area contributed by atoms with E-state index in [4.69, 9.17) is 4.74 Å². The van der Waals surface area contributed by atoms with Gasteiger partial charge in [0.15, 0.2) is 0 Å². The smallest absolute Gasteiger partial charge is 0.263 e. The van der Waals surface area contributed by atoms with E-state index in [1.165, 1.54) is 25.7 Å². The van der Waals surface area contributed by atoms with Crippen molar-refractivity contribution in [1.29, 1.82) is 0 Å². The third-order valence-electron chi connectivity index (χ3n) is 4.29. The molecule has 1 aromatic heterocycles. The van der Waals surface area contributed by atoms with Gasteiger partial charge in [-0.3, -0.25) is 9.36 Å². The summed E-state index contributed by atoms with van der Waals surface area (Å²) in [6.07, 6.45) is 7.67. The number of unbranched alkanes of at least 4 members (excludes halogenated alkanes) is 4. The minimum atomic E-state index is -0.0835. The van der Waals surface area contributed by atoms with Gasteiger partial charge < -0.3 is 4.74 Å². The van der Waals surface area contributed by atoms with Crippen molar-refractivity contribution in [3.05, 3.63) is 60.4 Å². The molecule has 3 aromatic rings. The summed E-state index contributed by atoms with van der Waals surface area (Å²) in [4.78, 5) is 16.9. The Morgan fingerprint density at radius 2 is 1.76 bits per heavy atom. The van der Waals surface area contributed by atoms with Gasteiger partial charge >= 0.3 is 0 Å². The summed E-state index contributed by atoms with van der Waals surface area (Å²) in [5.41, 5.74) is 2.26. The van der Waals surface area contributed by atoms with Crippen LogP contribution < -0.4 is 4.74 Å². The van der Waals surface area contributed by atoms with E-state index in [0.717, 1.165) is 29.8 Å². The summed E-state index contributed by atoms with van der Waals surface area (Å²) in [5.74, 6) is 0.724. The Labute approximate surface area is 148 Å². The molecule has 25 heavy (non-hydrogen) atoms. The minimum Gasteiger partial charge on any atom is -0.494 e. The van der Waals surface area contributed by atoms with E-state index in [-0.39, 0.29) is 5.91 Å². The molecule has 1 heterocycles. The van der Waals surface area contributed by atoms with E-state index in [9.17, 15) is 4.79 Å². The second-order valence-electron chi connectivity index (χ2n) is 6.20. The van der Waals surface area contributed by atoms with Crippen LogP contribution in [0.3, 0.4) is 0 Å². The molecule has 2 aromatic carbocycles. The fourth-order valence-electron chi connectivity index (χ4n) is 2.85. The van der Waals surface area contributed by atoms with Crippen LogP contribution in [0.2, 0.25) is 0 Å². The van der Waals surface area contributed by atoms with Crippen LogP contribution in [0, 0.1) is 0 Å². The number of imidazole rings is 1. The molecule has 0 radical (unpaired) electrons.